The van der Waals surface area contributed by atoms with E-state index in [1.54, 1.807) is 18.5 Å². The molecular formula is C13H14N4O3. The summed E-state index contributed by atoms with van der Waals surface area (Å²) in [5.74, 6) is 0.558. The summed E-state index contributed by atoms with van der Waals surface area (Å²) in [6.45, 7) is 0.488. The SMILES string of the molecule is O=C(NCCCc1ncc[nH]1)c1cccc([N+](=O)[O-])c1. The summed E-state index contributed by atoms with van der Waals surface area (Å²) in [7, 11) is 0. The number of rotatable bonds is 6. The monoisotopic (exact) mass is 274 g/mol. The number of nitro benzene ring substituents is 1. The minimum atomic E-state index is -0.520. The maximum absolute atomic E-state index is 11.8. The quantitative estimate of drug-likeness (QED) is 0.475. The first kappa shape index (κ1) is 13.7. The van der Waals surface area contributed by atoms with Gasteiger partial charge in [-0.25, -0.2) is 4.98 Å². The number of aryl methyl sites for hydroxylation is 1. The Balaban J connectivity index is 1.82. The maximum Gasteiger partial charge on any atom is 0.270 e. The van der Waals surface area contributed by atoms with Crippen LogP contribution in [0.3, 0.4) is 0 Å². The van der Waals surface area contributed by atoms with Crippen LogP contribution in [0, 0.1) is 10.1 Å². The van der Waals surface area contributed by atoms with Gasteiger partial charge in [-0.1, -0.05) is 6.07 Å². The molecule has 0 saturated carbocycles. The van der Waals surface area contributed by atoms with Crippen LogP contribution >= 0.6 is 0 Å². The van der Waals surface area contributed by atoms with E-state index in [9.17, 15) is 14.9 Å². The van der Waals surface area contributed by atoms with Gasteiger partial charge >= 0.3 is 0 Å². The molecular weight excluding hydrogens is 260 g/mol. The number of aromatic amines is 1. The summed E-state index contributed by atoms with van der Waals surface area (Å²) < 4.78 is 0. The van der Waals surface area contributed by atoms with Crippen molar-refractivity contribution >= 4 is 11.6 Å². The van der Waals surface area contributed by atoms with Crippen molar-refractivity contribution in [1.29, 1.82) is 0 Å². The Bertz CT molecular complexity index is 595. The third-order valence-electron chi connectivity index (χ3n) is 2.75. The van der Waals surface area contributed by atoms with Crippen molar-refractivity contribution in [3.63, 3.8) is 0 Å². The van der Waals surface area contributed by atoms with E-state index in [2.05, 4.69) is 15.3 Å². The predicted octanol–water partition coefficient (Wildman–Crippen LogP) is 1.68. The molecule has 0 atom stereocenters. The molecule has 104 valence electrons. The number of hydrogen-bond acceptors (Lipinski definition) is 4. The molecule has 0 radical (unpaired) electrons. The van der Waals surface area contributed by atoms with Gasteiger partial charge in [0.15, 0.2) is 0 Å². The Morgan fingerprint density at radius 2 is 2.30 bits per heavy atom. The summed E-state index contributed by atoms with van der Waals surface area (Å²) in [6.07, 6.45) is 4.91. The van der Waals surface area contributed by atoms with Crippen LogP contribution in [0.25, 0.3) is 0 Å². The highest BCUT2D eigenvalue weighted by atomic mass is 16.6. The molecule has 2 rings (SSSR count). The highest BCUT2D eigenvalue weighted by Crippen LogP contribution is 2.12. The van der Waals surface area contributed by atoms with Gasteiger partial charge in [0.05, 0.1) is 4.92 Å². The summed E-state index contributed by atoms with van der Waals surface area (Å²) in [4.78, 5) is 29.0. The van der Waals surface area contributed by atoms with E-state index in [1.165, 1.54) is 18.2 Å². The largest absolute Gasteiger partial charge is 0.352 e. The molecule has 0 aliphatic rings. The van der Waals surface area contributed by atoms with Crippen molar-refractivity contribution in [2.24, 2.45) is 0 Å². The van der Waals surface area contributed by atoms with Crippen LogP contribution in [0.4, 0.5) is 5.69 Å². The highest BCUT2D eigenvalue weighted by molar-refractivity contribution is 5.94. The van der Waals surface area contributed by atoms with Gasteiger partial charge in [0, 0.05) is 43.1 Å². The Morgan fingerprint density at radius 3 is 3.00 bits per heavy atom. The average Bonchev–Trinajstić information content (AvgIpc) is 2.96. The van der Waals surface area contributed by atoms with E-state index >= 15 is 0 Å². The Hall–Kier alpha value is -2.70. The normalized spacial score (nSPS) is 10.2. The Kier molecular flexibility index (Phi) is 4.43. The molecule has 1 aromatic carbocycles. The van der Waals surface area contributed by atoms with Gasteiger partial charge in [-0.05, 0) is 12.5 Å². The lowest BCUT2D eigenvalue weighted by Gasteiger charge is -2.04. The third-order valence-corrected chi connectivity index (χ3v) is 2.75. The summed E-state index contributed by atoms with van der Waals surface area (Å²) in [5, 5.41) is 13.4. The lowest BCUT2D eigenvalue weighted by molar-refractivity contribution is -0.384. The maximum atomic E-state index is 11.8. The molecule has 2 aromatic rings. The minimum absolute atomic E-state index is 0.0896. The van der Waals surface area contributed by atoms with Crippen LogP contribution in [0.1, 0.15) is 22.6 Å². The zero-order chi connectivity index (χ0) is 14.4. The zero-order valence-electron chi connectivity index (χ0n) is 10.7. The van der Waals surface area contributed by atoms with Crippen molar-refractivity contribution < 1.29 is 9.72 Å². The van der Waals surface area contributed by atoms with E-state index in [0.717, 1.165) is 18.7 Å². The van der Waals surface area contributed by atoms with Crippen LogP contribution < -0.4 is 5.32 Å². The first-order valence-electron chi connectivity index (χ1n) is 6.18. The first-order chi connectivity index (χ1) is 9.66. The molecule has 1 aromatic heterocycles. The number of nitro groups is 1. The molecule has 0 bridgehead atoms. The topological polar surface area (TPSA) is 101 Å². The lowest BCUT2D eigenvalue weighted by Crippen LogP contribution is -2.24. The van der Waals surface area contributed by atoms with Crippen molar-refractivity contribution in [3.05, 3.63) is 58.2 Å². The number of carbonyl (C=O) groups excluding carboxylic acids is 1. The van der Waals surface area contributed by atoms with Crippen LogP contribution in [-0.4, -0.2) is 27.3 Å². The Morgan fingerprint density at radius 1 is 1.45 bits per heavy atom. The average molecular weight is 274 g/mol. The number of nitrogens with one attached hydrogen (secondary N) is 2. The van der Waals surface area contributed by atoms with Gasteiger partial charge in [0.1, 0.15) is 5.82 Å². The molecule has 1 amide bonds. The molecule has 7 nitrogen and oxygen atoms in total. The second kappa shape index (κ2) is 6.46. The third kappa shape index (κ3) is 3.64. The molecule has 2 N–H and O–H groups in total. The second-order valence-electron chi connectivity index (χ2n) is 4.20. The molecule has 0 aliphatic heterocycles. The van der Waals surface area contributed by atoms with Gasteiger partial charge < -0.3 is 10.3 Å². The number of amides is 1. The van der Waals surface area contributed by atoms with E-state index in [1.807, 2.05) is 0 Å². The second-order valence-corrected chi connectivity index (χ2v) is 4.20. The summed E-state index contributed by atoms with van der Waals surface area (Å²) in [6, 6.07) is 5.67. The molecule has 1 heterocycles. The van der Waals surface area contributed by atoms with Crippen LogP contribution in [0.5, 0.6) is 0 Å². The highest BCUT2D eigenvalue weighted by Gasteiger charge is 2.10. The fourth-order valence-corrected chi connectivity index (χ4v) is 1.76. The van der Waals surface area contributed by atoms with Gasteiger partial charge in [-0.2, -0.15) is 0 Å². The van der Waals surface area contributed by atoms with Crippen LogP contribution in [0.2, 0.25) is 0 Å². The number of hydrogen-bond donors (Lipinski definition) is 2. The number of carbonyl (C=O) groups is 1. The summed E-state index contributed by atoms with van der Waals surface area (Å²) in [5.41, 5.74) is 0.199. The van der Waals surface area contributed by atoms with Gasteiger partial charge in [-0.15, -0.1) is 0 Å². The van der Waals surface area contributed by atoms with Gasteiger partial charge in [0.25, 0.3) is 11.6 Å². The van der Waals surface area contributed by atoms with Crippen molar-refractivity contribution in [3.8, 4) is 0 Å². The number of nitrogens with zero attached hydrogens (tertiary/aromatic N) is 2. The lowest BCUT2D eigenvalue weighted by atomic mass is 10.2. The van der Waals surface area contributed by atoms with E-state index in [4.69, 9.17) is 0 Å². The smallest absolute Gasteiger partial charge is 0.270 e. The Labute approximate surface area is 115 Å². The number of H-pyrrole nitrogens is 1. The molecule has 0 saturated heterocycles. The molecule has 7 heteroatoms. The van der Waals surface area contributed by atoms with Gasteiger partial charge in [0.2, 0.25) is 0 Å². The van der Waals surface area contributed by atoms with Crippen LogP contribution in [0.15, 0.2) is 36.7 Å². The number of benzene rings is 1. The molecule has 0 spiro atoms. The zero-order valence-corrected chi connectivity index (χ0v) is 10.7. The predicted molar refractivity (Wildman–Crippen MR) is 72.3 cm³/mol. The van der Waals surface area contributed by atoms with Crippen molar-refractivity contribution in [2.75, 3.05) is 6.54 Å². The first-order valence-corrected chi connectivity index (χ1v) is 6.18. The van der Waals surface area contributed by atoms with Gasteiger partial charge in [-0.3, -0.25) is 14.9 Å². The molecule has 0 fully saturated rings. The fraction of sp³-hybridized carbons (Fsp3) is 0.231. The van der Waals surface area contributed by atoms with E-state index in [0.29, 0.717) is 6.54 Å². The summed E-state index contributed by atoms with van der Waals surface area (Å²) >= 11 is 0. The van der Waals surface area contributed by atoms with Crippen molar-refractivity contribution in [1.82, 2.24) is 15.3 Å². The number of aromatic nitrogens is 2. The molecule has 0 unspecified atom stereocenters. The molecule has 0 aliphatic carbocycles. The van der Waals surface area contributed by atoms with E-state index < -0.39 is 4.92 Å². The number of non-ortho nitro benzene ring substituents is 1. The van der Waals surface area contributed by atoms with Crippen LogP contribution in [-0.2, 0) is 6.42 Å². The standard InChI is InChI=1S/C13H14N4O3/c18-13(10-3-1-4-11(9-10)17(19)20)16-6-2-5-12-14-7-8-15-12/h1,3-4,7-9H,2,5-6H2,(H,14,15)(H,16,18). The number of imidazole rings is 1. The fourth-order valence-electron chi connectivity index (χ4n) is 1.76. The van der Waals surface area contributed by atoms with E-state index in [-0.39, 0.29) is 17.2 Å². The minimum Gasteiger partial charge on any atom is -0.352 e. The van der Waals surface area contributed by atoms with Crippen molar-refractivity contribution in [2.45, 2.75) is 12.8 Å². The molecule has 20 heavy (non-hydrogen) atoms.